The standard InChI is InChI=1S/C13H18ClN5O/c14-11-7-9(8-12(16-11)17-15)13(20)19-5-3-18(4-6-19)10-1-2-10/h7-8,10H,1-6,15H2,(H,16,17). The van der Waals surface area contributed by atoms with Crippen molar-refractivity contribution in [1.82, 2.24) is 14.8 Å². The highest BCUT2D eigenvalue weighted by Crippen LogP contribution is 2.27. The number of pyridine rings is 1. The molecule has 2 fully saturated rings. The topological polar surface area (TPSA) is 74.5 Å². The van der Waals surface area contributed by atoms with E-state index >= 15 is 0 Å². The number of nitrogen functional groups attached to an aromatic ring is 1. The van der Waals surface area contributed by atoms with Crippen molar-refractivity contribution in [3.8, 4) is 0 Å². The van der Waals surface area contributed by atoms with Gasteiger partial charge in [0, 0.05) is 37.8 Å². The normalized spacial score (nSPS) is 20.0. The molecule has 1 saturated heterocycles. The van der Waals surface area contributed by atoms with Gasteiger partial charge in [0.05, 0.1) is 0 Å². The van der Waals surface area contributed by atoms with Gasteiger partial charge < -0.3 is 10.3 Å². The molecule has 3 rings (SSSR count). The molecule has 1 aromatic heterocycles. The fraction of sp³-hybridized carbons (Fsp3) is 0.538. The Morgan fingerprint density at radius 1 is 1.30 bits per heavy atom. The molecule has 0 aromatic carbocycles. The van der Waals surface area contributed by atoms with Crippen LogP contribution in [0.25, 0.3) is 0 Å². The maximum Gasteiger partial charge on any atom is 0.254 e. The Labute approximate surface area is 122 Å². The number of piperazine rings is 1. The maximum absolute atomic E-state index is 12.5. The van der Waals surface area contributed by atoms with Crippen LogP contribution in [0, 0.1) is 0 Å². The first kappa shape index (κ1) is 13.6. The second-order valence-electron chi connectivity index (χ2n) is 5.27. The number of rotatable bonds is 3. The lowest BCUT2D eigenvalue weighted by Crippen LogP contribution is -2.49. The molecule has 0 unspecified atom stereocenters. The third-order valence-electron chi connectivity index (χ3n) is 3.85. The van der Waals surface area contributed by atoms with Gasteiger partial charge in [-0.05, 0) is 25.0 Å². The average molecular weight is 296 g/mol. The summed E-state index contributed by atoms with van der Waals surface area (Å²) < 4.78 is 0. The minimum absolute atomic E-state index is 0.0127. The molecule has 1 aliphatic heterocycles. The Hall–Kier alpha value is -1.37. The number of carbonyl (C=O) groups is 1. The van der Waals surface area contributed by atoms with Gasteiger partial charge in [-0.3, -0.25) is 9.69 Å². The zero-order chi connectivity index (χ0) is 14.1. The Morgan fingerprint density at radius 3 is 2.60 bits per heavy atom. The number of hydrogen-bond donors (Lipinski definition) is 2. The number of hydrogen-bond acceptors (Lipinski definition) is 5. The Balaban J connectivity index is 1.68. The third kappa shape index (κ3) is 2.87. The number of halogens is 1. The number of hydrazine groups is 1. The van der Waals surface area contributed by atoms with E-state index in [1.807, 2.05) is 4.90 Å². The molecule has 3 N–H and O–H groups in total. The summed E-state index contributed by atoms with van der Waals surface area (Å²) in [5.74, 6) is 5.71. The first-order chi connectivity index (χ1) is 9.67. The molecule has 20 heavy (non-hydrogen) atoms. The molecule has 1 aromatic rings. The zero-order valence-electron chi connectivity index (χ0n) is 11.2. The van der Waals surface area contributed by atoms with Crippen molar-refractivity contribution in [2.45, 2.75) is 18.9 Å². The molecule has 1 aliphatic carbocycles. The van der Waals surface area contributed by atoms with E-state index in [4.69, 9.17) is 17.4 Å². The Kier molecular flexibility index (Phi) is 3.78. The average Bonchev–Trinajstić information content (AvgIpc) is 3.30. The summed E-state index contributed by atoms with van der Waals surface area (Å²) in [4.78, 5) is 20.8. The molecule has 6 nitrogen and oxygen atoms in total. The maximum atomic E-state index is 12.5. The smallest absolute Gasteiger partial charge is 0.254 e. The second kappa shape index (κ2) is 5.55. The van der Waals surface area contributed by atoms with Gasteiger partial charge in [0.15, 0.2) is 0 Å². The van der Waals surface area contributed by atoms with Crippen LogP contribution in [0.2, 0.25) is 5.15 Å². The van der Waals surface area contributed by atoms with Crippen molar-refractivity contribution < 1.29 is 4.79 Å². The van der Waals surface area contributed by atoms with Crippen molar-refractivity contribution in [2.75, 3.05) is 31.6 Å². The van der Waals surface area contributed by atoms with E-state index in [1.165, 1.54) is 12.8 Å². The number of carbonyl (C=O) groups excluding carboxylic acids is 1. The van der Waals surface area contributed by atoms with Gasteiger partial charge in [-0.2, -0.15) is 0 Å². The summed E-state index contributed by atoms with van der Waals surface area (Å²) in [6.07, 6.45) is 2.61. The third-order valence-corrected chi connectivity index (χ3v) is 4.05. The minimum atomic E-state index is -0.0127. The van der Waals surface area contributed by atoms with Crippen molar-refractivity contribution >= 4 is 23.3 Å². The molecule has 108 valence electrons. The lowest BCUT2D eigenvalue weighted by Gasteiger charge is -2.34. The highest BCUT2D eigenvalue weighted by atomic mass is 35.5. The highest BCUT2D eigenvalue weighted by molar-refractivity contribution is 6.29. The van der Waals surface area contributed by atoms with Crippen LogP contribution in [0.15, 0.2) is 12.1 Å². The summed E-state index contributed by atoms with van der Waals surface area (Å²) in [6, 6.07) is 3.97. The molecule has 0 atom stereocenters. The number of nitrogens with one attached hydrogen (secondary N) is 1. The first-order valence-corrected chi connectivity index (χ1v) is 7.22. The predicted octanol–water partition coefficient (Wildman–Crippen LogP) is 0.941. The van der Waals surface area contributed by atoms with Crippen LogP contribution in [0.3, 0.4) is 0 Å². The Morgan fingerprint density at radius 2 is 2.00 bits per heavy atom. The van der Waals surface area contributed by atoms with E-state index in [1.54, 1.807) is 12.1 Å². The summed E-state index contributed by atoms with van der Waals surface area (Å²) in [7, 11) is 0. The Bertz CT molecular complexity index is 511. The summed E-state index contributed by atoms with van der Waals surface area (Å²) >= 11 is 5.90. The van der Waals surface area contributed by atoms with Gasteiger partial charge >= 0.3 is 0 Å². The predicted molar refractivity (Wildman–Crippen MR) is 77.6 cm³/mol. The molecule has 1 amide bonds. The SMILES string of the molecule is NNc1cc(C(=O)N2CCN(C3CC3)CC2)cc(Cl)n1. The number of anilines is 1. The summed E-state index contributed by atoms with van der Waals surface area (Å²) in [5.41, 5.74) is 2.95. The van der Waals surface area contributed by atoms with E-state index in [0.717, 1.165) is 32.2 Å². The molecule has 1 saturated carbocycles. The van der Waals surface area contributed by atoms with Crippen LogP contribution in [0.5, 0.6) is 0 Å². The molecule has 0 radical (unpaired) electrons. The molecule has 0 bridgehead atoms. The van der Waals surface area contributed by atoms with E-state index in [2.05, 4.69) is 15.3 Å². The summed E-state index contributed by atoms with van der Waals surface area (Å²) in [5, 5.41) is 0.264. The van der Waals surface area contributed by atoms with Crippen molar-refractivity contribution in [2.24, 2.45) is 5.84 Å². The fourth-order valence-corrected chi connectivity index (χ4v) is 2.82. The summed E-state index contributed by atoms with van der Waals surface area (Å²) in [6.45, 7) is 3.44. The van der Waals surface area contributed by atoms with Gasteiger partial charge in [-0.15, -0.1) is 0 Å². The lowest BCUT2D eigenvalue weighted by molar-refractivity contribution is 0.0627. The van der Waals surface area contributed by atoms with Crippen LogP contribution in [0.1, 0.15) is 23.2 Å². The van der Waals surface area contributed by atoms with Gasteiger partial charge in [-0.25, -0.2) is 10.8 Å². The van der Waals surface area contributed by atoms with E-state index in [9.17, 15) is 4.79 Å². The van der Waals surface area contributed by atoms with E-state index < -0.39 is 0 Å². The monoisotopic (exact) mass is 295 g/mol. The highest BCUT2D eigenvalue weighted by Gasteiger charge is 2.32. The van der Waals surface area contributed by atoms with Crippen LogP contribution < -0.4 is 11.3 Å². The molecule has 2 heterocycles. The van der Waals surface area contributed by atoms with Crippen molar-refractivity contribution in [1.29, 1.82) is 0 Å². The van der Waals surface area contributed by atoms with E-state index in [0.29, 0.717) is 11.4 Å². The van der Waals surface area contributed by atoms with Gasteiger partial charge in [-0.1, -0.05) is 11.6 Å². The number of nitrogens with zero attached hydrogens (tertiary/aromatic N) is 3. The van der Waals surface area contributed by atoms with Gasteiger partial charge in [0.1, 0.15) is 11.0 Å². The quantitative estimate of drug-likeness (QED) is 0.493. The van der Waals surface area contributed by atoms with Gasteiger partial charge in [0.25, 0.3) is 5.91 Å². The second-order valence-corrected chi connectivity index (χ2v) is 5.65. The molecule has 2 aliphatic rings. The zero-order valence-corrected chi connectivity index (χ0v) is 11.9. The van der Waals surface area contributed by atoms with Crippen LogP contribution >= 0.6 is 11.6 Å². The molecule has 0 spiro atoms. The largest absolute Gasteiger partial charge is 0.336 e. The van der Waals surface area contributed by atoms with Crippen molar-refractivity contribution in [3.05, 3.63) is 22.8 Å². The van der Waals surface area contributed by atoms with Crippen LogP contribution in [-0.2, 0) is 0 Å². The minimum Gasteiger partial charge on any atom is -0.336 e. The number of nitrogens with two attached hydrogens (primary N) is 1. The number of aromatic nitrogens is 1. The molecular formula is C13H18ClN5O. The number of amides is 1. The van der Waals surface area contributed by atoms with Crippen molar-refractivity contribution in [3.63, 3.8) is 0 Å². The first-order valence-electron chi connectivity index (χ1n) is 6.85. The van der Waals surface area contributed by atoms with E-state index in [-0.39, 0.29) is 11.1 Å². The van der Waals surface area contributed by atoms with Gasteiger partial charge in [0.2, 0.25) is 0 Å². The van der Waals surface area contributed by atoms with Crippen LogP contribution in [0.4, 0.5) is 5.82 Å². The molecule has 7 heteroatoms. The van der Waals surface area contributed by atoms with Crippen LogP contribution in [-0.4, -0.2) is 52.9 Å². The lowest BCUT2D eigenvalue weighted by atomic mass is 10.2. The fourth-order valence-electron chi connectivity index (χ4n) is 2.61. The molecular weight excluding hydrogens is 278 g/mol.